The maximum Gasteiger partial charge on any atom is 0.225 e. The van der Waals surface area contributed by atoms with Gasteiger partial charge in [0.15, 0.2) is 0 Å². The number of hydrogen-bond donors (Lipinski definition) is 2. The molecule has 3 aromatic rings. The minimum atomic E-state index is -0.0298. The second-order valence-electron chi connectivity index (χ2n) is 7.29. The minimum absolute atomic E-state index is 0.0114. The third kappa shape index (κ3) is 6.43. The summed E-state index contributed by atoms with van der Waals surface area (Å²) in [5, 5.41) is 6.24. The molecule has 1 aromatic heterocycles. The summed E-state index contributed by atoms with van der Waals surface area (Å²) in [5.74, 6) is 0.784. The predicted octanol–water partition coefficient (Wildman–Crippen LogP) is 4.22. The fourth-order valence-electron chi connectivity index (χ4n) is 3.18. The molecule has 0 saturated heterocycles. The van der Waals surface area contributed by atoms with E-state index in [0.29, 0.717) is 12.1 Å². The third-order valence-corrected chi connectivity index (χ3v) is 4.71. The maximum absolute atomic E-state index is 12.7. The van der Waals surface area contributed by atoms with Gasteiger partial charge in [-0.05, 0) is 37.4 Å². The molecule has 150 valence electrons. The zero-order chi connectivity index (χ0) is 20.5. The van der Waals surface area contributed by atoms with Gasteiger partial charge in [-0.25, -0.2) is 4.98 Å². The molecule has 3 rings (SSSR count). The molecule has 0 atom stereocenters. The van der Waals surface area contributed by atoms with Gasteiger partial charge in [0, 0.05) is 25.4 Å². The van der Waals surface area contributed by atoms with Crippen molar-refractivity contribution in [2.45, 2.75) is 12.3 Å². The molecule has 0 aliphatic rings. The van der Waals surface area contributed by atoms with Gasteiger partial charge in [0.2, 0.25) is 5.91 Å². The molecule has 0 aliphatic heterocycles. The van der Waals surface area contributed by atoms with Crippen LogP contribution in [0.1, 0.15) is 23.5 Å². The van der Waals surface area contributed by atoms with E-state index < -0.39 is 0 Å². The van der Waals surface area contributed by atoms with Crippen molar-refractivity contribution in [2.24, 2.45) is 0 Å². The van der Waals surface area contributed by atoms with Crippen LogP contribution < -0.4 is 10.6 Å². The summed E-state index contributed by atoms with van der Waals surface area (Å²) in [4.78, 5) is 19.2. The van der Waals surface area contributed by atoms with E-state index in [1.165, 1.54) is 0 Å². The van der Waals surface area contributed by atoms with Crippen molar-refractivity contribution in [3.63, 3.8) is 0 Å². The molecule has 0 fully saturated rings. The normalized spacial score (nSPS) is 10.9. The van der Waals surface area contributed by atoms with Gasteiger partial charge in [-0.2, -0.15) is 0 Å². The molecule has 1 amide bonds. The van der Waals surface area contributed by atoms with Crippen LogP contribution in [-0.4, -0.2) is 43.0 Å². The number of aromatic nitrogens is 1. The summed E-state index contributed by atoms with van der Waals surface area (Å²) >= 11 is 0. The molecule has 0 spiro atoms. The number of benzene rings is 2. The van der Waals surface area contributed by atoms with E-state index >= 15 is 0 Å². The molecule has 0 bridgehead atoms. The maximum atomic E-state index is 12.7. The number of amides is 1. The minimum Gasteiger partial charge on any atom is -0.369 e. The Balaban J connectivity index is 1.63. The van der Waals surface area contributed by atoms with Crippen molar-refractivity contribution >= 4 is 17.4 Å². The Morgan fingerprint density at radius 3 is 2.07 bits per heavy atom. The molecular weight excluding hydrogens is 360 g/mol. The van der Waals surface area contributed by atoms with E-state index in [0.717, 1.165) is 30.0 Å². The van der Waals surface area contributed by atoms with Crippen LogP contribution in [0.5, 0.6) is 0 Å². The van der Waals surface area contributed by atoms with Crippen LogP contribution in [-0.2, 0) is 4.79 Å². The fourth-order valence-corrected chi connectivity index (χ4v) is 3.18. The van der Waals surface area contributed by atoms with Gasteiger partial charge in [0.1, 0.15) is 5.82 Å². The molecule has 5 nitrogen and oxygen atoms in total. The number of carbonyl (C=O) groups excluding carboxylic acids is 1. The number of nitrogens with zero attached hydrogens (tertiary/aromatic N) is 2. The molecule has 5 heteroatoms. The van der Waals surface area contributed by atoms with E-state index in [4.69, 9.17) is 0 Å². The zero-order valence-corrected chi connectivity index (χ0v) is 17.0. The van der Waals surface area contributed by atoms with Crippen molar-refractivity contribution in [3.8, 4) is 0 Å². The molecule has 29 heavy (non-hydrogen) atoms. The Hall–Kier alpha value is -3.18. The lowest BCUT2D eigenvalue weighted by molar-refractivity contribution is -0.116. The second-order valence-corrected chi connectivity index (χ2v) is 7.29. The van der Waals surface area contributed by atoms with Crippen molar-refractivity contribution in [1.29, 1.82) is 0 Å². The van der Waals surface area contributed by atoms with E-state index in [2.05, 4.69) is 44.8 Å². The number of carbonyl (C=O) groups is 1. The number of anilines is 2. The van der Waals surface area contributed by atoms with Crippen LogP contribution in [0.2, 0.25) is 0 Å². The summed E-state index contributed by atoms with van der Waals surface area (Å²) in [6, 6.07) is 24.1. The first-order chi connectivity index (χ1) is 14.1. The highest BCUT2D eigenvalue weighted by Crippen LogP contribution is 2.28. The highest BCUT2D eigenvalue weighted by Gasteiger charge is 2.18. The topological polar surface area (TPSA) is 57.3 Å². The molecule has 0 saturated carbocycles. The summed E-state index contributed by atoms with van der Waals surface area (Å²) in [6.07, 6.45) is 2.06. The zero-order valence-electron chi connectivity index (χ0n) is 17.0. The summed E-state index contributed by atoms with van der Waals surface area (Å²) < 4.78 is 0. The smallest absolute Gasteiger partial charge is 0.225 e. The van der Waals surface area contributed by atoms with Crippen LogP contribution in [0.25, 0.3) is 0 Å². The third-order valence-electron chi connectivity index (χ3n) is 4.71. The van der Waals surface area contributed by atoms with Crippen LogP contribution in [0.4, 0.5) is 11.5 Å². The predicted molar refractivity (Wildman–Crippen MR) is 119 cm³/mol. The standard InChI is InChI=1S/C24H28N4O/c1-28(2)16-15-25-23-14-13-21(18-26-23)27-24(29)17-22(19-9-5-3-6-10-19)20-11-7-4-8-12-20/h3-14,18,22H,15-17H2,1-2H3,(H,25,26)(H,27,29). The van der Waals surface area contributed by atoms with Gasteiger partial charge in [-0.15, -0.1) is 0 Å². The van der Waals surface area contributed by atoms with Crippen LogP contribution in [0.15, 0.2) is 79.0 Å². The summed E-state index contributed by atoms with van der Waals surface area (Å²) in [7, 11) is 4.07. The first kappa shape index (κ1) is 20.6. The van der Waals surface area contributed by atoms with E-state index in [-0.39, 0.29) is 11.8 Å². The molecule has 2 N–H and O–H groups in total. The summed E-state index contributed by atoms with van der Waals surface area (Å²) in [5.41, 5.74) is 2.97. The summed E-state index contributed by atoms with van der Waals surface area (Å²) in [6.45, 7) is 1.75. The average molecular weight is 389 g/mol. The monoisotopic (exact) mass is 388 g/mol. The highest BCUT2D eigenvalue weighted by molar-refractivity contribution is 5.91. The van der Waals surface area contributed by atoms with Gasteiger partial charge < -0.3 is 15.5 Å². The Kier molecular flexibility index (Phi) is 7.36. The molecule has 2 aromatic carbocycles. The van der Waals surface area contributed by atoms with Gasteiger partial charge in [0.25, 0.3) is 0 Å². The fraction of sp³-hybridized carbons (Fsp3) is 0.250. The molecular formula is C24H28N4O. The lowest BCUT2D eigenvalue weighted by atomic mass is 9.88. The van der Waals surface area contributed by atoms with Gasteiger partial charge in [-0.1, -0.05) is 60.7 Å². The highest BCUT2D eigenvalue weighted by atomic mass is 16.1. The van der Waals surface area contributed by atoms with Crippen LogP contribution >= 0.6 is 0 Å². The van der Waals surface area contributed by atoms with Gasteiger partial charge in [0.05, 0.1) is 11.9 Å². The number of rotatable bonds is 9. The largest absolute Gasteiger partial charge is 0.369 e. The van der Waals surface area contributed by atoms with E-state index in [9.17, 15) is 4.79 Å². The molecule has 1 heterocycles. The van der Waals surface area contributed by atoms with Crippen LogP contribution in [0, 0.1) is 0 Å². The van der Waals surface area contributed by atoms with Crippen molar-refractivity contribution in [3.05, 3.63) is 90.1 Å². The molecule has 0 aliphatic carbocycles. The lowest BCUT2D eigenvalue weighted by Gasteiger charge is -2.18. The quantitative estimate of drug-likeness (QED) is 0.576. The van der Waals surface area contributed by atoms with E-state index in [1.54, 1.807) is 6.20 Å². The Morgan fingerprint density at radius 1 is 0.931 bits per heavy atom. The number of pyridine rings is 1. The van der Waals surface area contributed by atoms with E-state index in [1.807, 2.05) is 62.6 Å². The van der Waals surface area contributed by atoms with Gasteiger partial charge >= 0.3 is 0 Å². The lowest BCUT2D eigenvalue weighted by Crippen LogP contribution is -2.21. The number of hydrogen-bond acceptors (Lipinski definition) is 4. The Labute approximate surface area is 172 Å². The van der Waals surface area contributed by atoms with Gasteiger partial charge in [-0.3, -0.25) is 4.79 Å². The van der Waals surface area contributed by atoms with Crippen molar-refractivity contribution < 1.29 is 4.79 Å². The average Bonchev–Trinajstić information content (AvgIpc) is 2.74. The molecule has 0 radical (unpaired) electrons. The number of likely N-dealkylation sites (N-methyl/N-ethyl adjacent to an activating group) is 1. The van der Waals surface area contributed by atoms with Crippen molar-refractivity contribution in [1.82, 2.24) is 9.88 Å². The Morgan fingerprint density at radius 2 is 1.55 bits per heavy atom. The second kappa shape index (κ2) is 10.4. The Bertz CT molecular complexity index is 840. The SMILES string of the molecule is CN(C)CCNc1ccc(NC(=O)CC(c2ccccc2)c2ccccc2)cn1. The first-order valence-electron chi connectivity index (χ1n) is 9.86. The van der Waals surface area contributed by atoms with Crippen LogP contribution in [0.3, 0.4) is 0 Å². The molecule has 0 unspecified atom stereocenters. The van der Waals surface area contributed by atoms with Crippen molar-refractivity contribution in [2.75, 3.05) is 37.8 Å². The number of nitrogens with one attached hydrogen (secondary N) is 2. The first-order valence-corrected chi connectivity index (χ1v) is 9.86.